The molecule has 1 unspecified atom stereocenters. The molecule has 1 aromatic heterocycles. The van der Waals surface area contributed by atoms with E-state index in [2.05, 4.69) is 42.3 Å². The predicted molar refractivity (Wildman–Crippen MR) is 114 cm³/mol. The molecule has 1 atom stereocenters. The molecule has 3 nitrogen and oxygen atoms in total. The number of likely N-dealkylation sites (tertiary alicyclic amines) is 1. The van der Waals surface area contributed by atoms with E-state index in [0.29, 0.717) is 0 Å². The minimum atomic E-state index is -0.740. The van der Waals surface area contributed by atoms with Gasteiger partial charge < -0.3 is 10.0 Å². The summed E-state index contributed by atoms with van der Waals surface area (Å²) in [5, 5.41) is 9.44. The third-order valence-corrected chi connectivity index (χ3v) is 7.12. The van der Waals surface area contributed by atoms with Crippen molar-refractivity contribution in [1.82, 2.24) is 4.90 Å². The Morgan fingerprint density at radius 1 is 1.11 bits per heavy atom. The third-order valence-electron chi connectivity index (χ3n) is 5.75. The Hall–Kier alpha value is -1.62. The Morgan fingerprint density at radius 3 is 2.52 bits per heavy atom. The molecule has 27 heavy (non-hydrogen) atoms. The fourth-order valence-electron chi connectivity index (χ4n) is 4.08. The van der Waals surface area contributed by atoms with E-state index in [4.69, 9.17) is 0 Å². The minimum Gasteiger partial charge on any atom is -0.481 e. The molecule has 1 aromatic carbocycles. The summed E-state index contributed by atoms with van der Waals surface area (Å²) in [4.78, 5) is 16.2. The van der Waals surface area contributed by atoms with Crippen molar-refractivity contribution in [3.63, 3.8) is 0 Å². The Bertz CT molecular complexity index is 876. The Morgan fingerprint density at radius 2 is 1.81 bits per heavy atom. The van der Waals surface area contributed by atoms with Gasteiger partial charge in [-0.05, 0) is 68.0 Å². The summed E-state index contributed by atoms with van der Waals surface area (Å²) in [6.07, 6.45) is 4.22. The molecule has 1 N–H and O–H groups in total. The van der Waals surface area contributed by atoms with Gasteiger partial charge >= 0.3 is 5.97 Å². The molecule has 2 aliphatic rings. The van der Waals surface area contributed by atoms with Gasteiger partial charge in [0.25, 0.3) is 0 Å². The van der Waals surface area contributed by atoms with Crippen LogP contribution < -0.4 is 0 Å². The number of carbonyl (C=O) groups is 1. The van der Waals surface area contributed by atoms with Gasteiger partial charge in [-0.1, -0.05) is 29.8 Å². The molecule has 0 bridgehead atoms. The van der Waals surface area contributed by atoms with E-state index in [1.54, 1.807) is 18.3 Å². The van der Waals surface area contributed by atoms with Crippen LogP contribution in [0.4, 0.5) is 0 Å². The molecule has 2 aromatic rings. The first-order valence-corrected chi connectivity index (χ1v) is 10.2. The van der Waals surface area contributed by atoms with Crippen molar-refractivity contribution in [2.75, 3.05) is 20.1 Å². The smallest absolute Gasteiger partial charge is 0.311 e. The van der Waals surface area contributed by atoms with Crippen LogP contribution in [0.5, 0.6) is 0 Å². The van der Waals surface area contributed by atoms with Crippen LogP contribution in [0.2, 0.25) is 0 Å². The van der Waals surface area contributed by atoms with Gasteiger partial charge in [0.15, 0.2) is 0 Å². The Balaban J connectivity index is 0.00000210. The molecule has 1 fully saturated rings. The van der Waals surface area contributed by atoms with Crippen LogP contribution >= 0.6 is 23.7 Å². The van der Waals surface area contributed by atoms with Crippen LogP contribution in [-0.4, -0.2) is 36.1 Å². The lowest BCUT2D eigenvalue weighted by Crippen LogP contribution is -2.27. The summed E-state index contributed by atoms with van der Waals surface area (Å²) in [5.41, 5.74) is 7.00. The van der Waals surface area contributed by atoms with Gasteiger partial charge in [-0.3, -0.25) is 4.79 Å². The maximum atomic E-state index is 11.5. The number of halogens is 1. The number of carboxylic acids is 1. The van der Waals surface area contributed by atoms with Crippen molar-refractivity contribution < 1.29 is 9.90 Å². The highest BCUT2D eigenvalue weighted by molar-refractivity contribution is 7.12. The molecule has 0 radical (unpaired) electrons. The number of nitrogens with zero attached hydrogens (tertiary/aromatic N) is 1. The summed E-state index contributed by atoms with van der Waals surface area (Å²) < 4.78 is 0. The van der Waals surface area contributed by atoms with Gasteiger partial charge in [0.1, 0.15) is 0 Å². The largest absolute Gasteiger partial charge is 0.481 e. The second-order valence-corrected chi connectivity index (χ2v) is 8.65. The first-order chi connectivity index (χ1) is 12.5. The second-order valence-electron chi connectivity index (χ2n) is 7.48. The summed E-state index contributed by atoms with van der Waals surface area (Å²) in [6.45, 7) is 3.99. The van der Waals surface area contributed by atoms with Gasteiger partial charge in [-0.2, -0.15) is 0 Å². The number of hydrogen-bond acceptors (Lipinski definition) is 3. The maximum Gasteiger partial charge on any atom is 0.311 e. The van der Waals surface area contributed by atoms with Crippen molar-refractivity contribution in [3.05, 3.63) is 62.3 Å². The lowest BCUT2D eigenvalue weighted by atomic mass is 9.87. The van der Waals surface area contributed by atoms with E-state index in [1.807, 2.05) is 0 Å². The average Bonchev–Trinajstić information content (AvgIpc) is 2.99. The van der Waals surface area contributed by atoms with Crippen molar-refractivity contribution in [2.45, 2.75) is 38.5 Å². The van der Waals surface area contributed by atoms with E-state index in [0.717, 1.165) is 43.6 Å². The van der Waals surface area contributed by atoms with Gasteiger partial charge in [-0.25, -0.2) is 0 Å². The zero-order valence-electron chi connectivity index (χ0n) is 15.8. The first kappa shape index (κ1) is 20.1. The minimum absolute atomic E-state index is 0. The number of carboxylic acid groups (broad SMARTS) is 1. The van der Waals surface area contributed by atoms with E-state index in [9.17, 15) is 9.90 Å². The van der Waals surface area contributed by atoms with E-state index in [-0.39, 0.29) is 12.4 Å². The first-order valence-electron chi connectivity index (χ1n) is 9.39. The highest BCUT2D eigenvalue weighted by atomic mass is 35.5. The van der Waals surface area contributed by atoms with Gasteiger partial charge in [-0.15, -0.1) is 23.7 Å². The number of aryl methyl sites for hydroxylation is 2. The highest BCUT2D eigenvalue weighted by Gasteiger charge is 2.27. The number of benzene rings is 1. The molecule has 2 heterocycles. The van der Waals surface area contributed by atoms with E-state index >= 15 is 0 Å². The van der Waals surface area contributed by atoms with Crippen LogP contribution in [0.1, 0.15) is 52.1 Å². The van der Waals surface area contributed by atoms with Crippen molar-refractivity contribution in [1.29, 1.82) is 0 Å². The Labute approximate surface area is 171 Å². The molecular formula is C22H26ClNO2S. The highest BCUT2D eigenvalue weighted by Crippen LogP contribution is 2.43. The number of hydrogen-bond donors (Lipinski definition) is 1. The second kappa shape index (κ2) is 8.17. The van der Waals surface area contributed by atoms with E-state index < -0.39 is 11.9 Å². The lowest BCUT2D eigenvalue weighted by molar-refractivity contribution is -0.138. The van der Waals surface area contributed by atoms with E-state index in [1.165, 1.54) is 32.7 Å². The van der Waals surface area contributed by atoms with Crippen LogP contribution in [0, 0.1) is 0 Å². The molecule has 144 valence electrons. The molecule has 0 amide bonds. The molecule has 5 heteroatoms. The van der Waals surface area contributed by atoms with Crippen LogP contribution in [-0.2, 0) is 17.6 Å². The van der Waals surface area contributed by atoms with Gasteiger partial charge in [0.05, 0.1) is 5.92 Å². The Kier molecular flexibility index (Phi) is 6.09. The van der Waals surface area contributed by atoms with Crippen molar-refractivity contribution in [2.24, 2.45) is 0 Å². The number of aliphatic carboxylic acids is 1. The maximum absolute atomic E-state index is 11.5. The van der Waals surface area contributed by atoms with Crippen molar-refractivity contribution >= 4 is 35.3 Å². The zero-order valence-corrected chi connectivity index (χ0v) is 17.5. The number of rotatable bonds is 2. The SMILES string of the molecule is CC(C(=O)O)c1cc2c(s1)CCc1ccccc1C2=C1CCN(C)CC1.Cl. The summed E-state index contributed by atoms with van der Waals surface area (Å²) >= 11 is 1.70. The molecule has 4 rings (SSSR count). The summed E-state index contributed by atoms with van der Waals surface area (Å²) in [5.74, 6) is -1.18. The standard InChI is InChI=1S/C22H25NO2S.ClH/c1-14(22(24)25)20-13-18-19(26-20)8-7-15-5-3-4-6-17(15)21(18)16-9-11-23(2)12-10-16;/h3-6,13-14H,7-12H2,1-2H3,(H,24,25);1H. The number of fused-ring (bicyclic) bond motifs is 2. The molecule has 1 saturated heterocycles. The van der Waals surface area contributed by atoms with Crippen LogP contribution in [0.3, 0.4) is 0 Å². The molecule has 0 spiro atoms. The van der Waals surface area contributed by atoms with Gasteiger partial charge in [0, 0.05) is 22.8 Å². The third kappa shape index (κ3) is 3.84. The monoisotopic (exact) mass is 403 g/mol. The normalized spacial score (nSPS) is 18.1. The topological polar surface area (TPSA) is 40.5 Å². The van der Waals surface area contributed by atoms with Crippen LogP contribution in [0.25, 0.3) is 5.57 Å². The van der Waals surface area contributed by atoms with Crippen molar-refractivity contribution in [3.8, 4) is 0 Å². The molecule has 1 aliphatic heterocycles. The molecule has 0 saturated carbocycles. The average molecular weight is 404 g/mol. The number of thiophene rings is 1. The number of piperidine rings is 1. The quantitative estimate of drug-likeness (QED) is 0.768. The van der Waals surface area contributed by atoms with Gasteiger partial charge in [0.2, 0.25) is 0 Å². The molecule has 1 aliphatic carbocycles. The zero-order chi connectivity index (χ0) is 18.3. The summed E-state index contributed by atoms with van der Waals surface area (Å²) in [7, 11) is 2.19. The predicted octanol–water partition coefficient (Wildman–Crippen LogP) is 4.98. The summed E-state index contributed by atoms with van der Waals surface area (Å²) in [6, 6.07) is 10.9. The lowest BCUT2D eigenvalue weighted by Gasteiger charge is -2.27. The fraction of sp³-hybridized carbons (Fsp3) is 0.409. The fourth-order valence-corrected chi connectivity index (χ4v) is 5.29. The van der Waals surface area contributed by atoms with Crippen LogP contribution in [0.15, 0.2) is 35.9 Å². The molecular weight excluding hydrogens is 378 g/mol.